The van der Waals surface area contributed by atoms with E-state index in [4.69, 9.17) is 4.74 Å². The first kappa shape index (κ1) is 21.8. The molecular formula is C23H24F4N2O2. The molecule has 2 aromatic carbocycles. The van der Waals surface area contributed by atoms with Crippen molar-refractivity contribution in [2.45, 2.75) is 32.0 Å². The molecule has 8 heteroatoms. The van der Waals surface area contributed by atoms with E-state index >= 15 is 0 Å². The van der Waals surface area contributed by atoms with Crippen molar-refractivity contribution in [2.24, 2.45) is 11.8 Å². The molecule has 0 unspecified atom stereocenters. The van der Waals surface area contributed by atoms with Crippen molar-refractivity contribution >= 4 is 5.91 Å². The normalized spacial score (nSPS) is 23.5. The minimum absolute atomic E-state index is 0.0430. The third-order valence-electron chi connectivity index (χ3n) is 6.10. The number of carbonyl (C=O) groups excluding carboxylic acids is 1. The first-order chi connectivity index (χ1) is 14.9. The molecule has 0 radical (unpaired) electrons. The lowest BCUT2D eigenvalue weighted by Crippen LogP contribution is -2.42. The minimum atomic E-state index is -0.844. The topological polar surface area (TPSA) is 41.6 Å². The Morgan fingerprint density at radius 1 is 1.13 bits per heavy atom. The largest absolute Gasteiger partial charge is 0.377 e. The standard InChI is InChI=1S/C23H24F4N2O2/c24-17-6-14(7-18(25)8-17)10-28-22(30)9-21-19-4-5-29(12-16(19)13-31-21)11-15-2-1-3-20(26)23(15)27/h1-3,6-8,16,19,21H,4-5,9-13H2,(H,28,30)/t16-,19-,21+/m1/s1. The van der Waals surface area contributed by atoms with Crippen LogP contribution in [0.3, 0.4) is 0 Å². The average molecular weight is 436 g/mol. The summed E-state index contributed by atoms with van der Waals surface area (Å²) >= 11 is 0. The predicted molar refractivity (Wildman–Crippen MR) is 106 cm³/mol. The fourth-order valence-corrected chi connectivity index (χ4v) is 4.60. The monoisotopic (exact) mass is 436 g/mol. The second kappa shape index (κ2) is 9.36. The highest BCUT2D eigenvalue weighted by Crippen LogP contribution is 2.36. The third kappa shape index (κ3) is 5.25. The zero-order chi connectivity index (χ0) is 22.0. The molecule has 0 saturated carbocycles. The summed E-state index contributed by atoms with van der Waals surface area (Å²) in [5.41, 5.74) is 0.691. The molecule has 2 aliphatic heterocycles. The average Bonchev–Trinajstić information content (AvgIpc) is 3.11. The summed E-state index contributed by atoms with van der Waals surface area (Å²) in [6.45, 7) is 2.30. The van der Waals surface area contributed by atoms with Crippen LogP contribution in [0.2, 0.25) is 0 Å². The predicted octanol–water partition coefficient (Wildman–Crippen LogP) is 3.79. The molecule has 2 saturated heterocycles. The van der Waals surface area contributed by atoms with E-state index in [0.29, 0.717) is 37.4 Å². The van der Waals surface area contributed by atoms with Crippen LogP contribution in [0.25, 0.3) is 0 Å². The Morgan fingerprint density at radius 2 is 1.90 bits per heavy atom. The molecule has 2 aliphatic rings. The van der Waals surface area contributed by atoms with Gasteiger partial charge in [-0.05, 0) is 42.6 Å². The Labute approximate surface area is 178 Å². The van der Waals surface area contributed by atoms with Crippen LogP contribution in [0.5, 0.6) is 0 Å². The van der Waals surface area contributed by atoms with E-state index in [0.717, 1.165) is 18.6 Å². The molecule has 4 nitrogen and oxygen atoms in total. The summed E-state index contributed by atoms with van der Waals surface area (Å²) < 4.78 is 59.8. The molecule has 2 aromatic rings. The highest BCUT2D eigenvalue weighted by molar-refractivity contribution is 5.76. The van der Waals surface area contributed by atoms with Gasteiger partial charge >= 0.3 is 0 Å². The lowest BCUT2D eigenvalue weighted by Gasteiger charge is -2.35. The Hall–Kier alpha value is -2.45. The zero-order valence-corrected chi connectivity index (χ0v) is 16.9. The van der Waals surface area contributed by atoms with Crippen LogP contribution in [0.4, 0.5) is 17.6 Å². The van der Waals surface area contributed by atoms with Crippen LogP contribution in [0.1, 0.15) is 24.0 Å². The molecule has 4 rings (SSSR count). The van der Waals surface area contributed by atoms with Crippen molar-refractivity contribution in [3.63, 3.8) is 0 Å². The van der Waals surface area contributed by atoms with Gasteiger partial charge in [0.05, 0.1) is 19.1 Å². The molecule has 1 N–H and O–H groups in total. The Bertz CT molecular complexity index is 935. The van der Waals surface area contributed by atoms with Crippen LogP contribution < -0.4 is 5.32 Å². The number of amides is 1. The Morgan fingerprint density at radius 3 is 2.68 bits per heavy atom. The molecule has 1 amide bonds. The minimum Gasteiger partial charge on any atom is -0.377 e. The van der Waals surface area contributed by atoms with Gasteiger partial charge in [-0.3, -0.25) is 9.69 Å². The maximum atomic E-state index is 14.0. The number of nitrogens with zero attached hydrogens (tertiary/aromatic N) is 1. The number of piperidine rings is 1. The highest BCUT2D eigenvalue weighted by Gasteiger charge is 2.41. The number of nitrogens with one attached hydrogen (secondary N) is 1. The summed E-state index contributed by atoms with van der Waals surface area (Å²) in [6.07, 6.45) is 0.758. The third-order valence-corrected chi connectivity index (χ3v) is 6.10. The van der Waals surface area contributed by atoms with Crippen LogP contribution in [-0.2, 0) is 22.6 Å². The number of halogens is 4. The first-order valence-electron chi connectivity index (χ1n) is 10.4. The van der Waals surface area contributed by atoms with Gasteiger partial charge in [-0.2, -0.15) is 0 Å². The summed E-state index contributed by atoms with van der Waals surface area (Å²) in [5, 5.41) is 2.69. The number of carbonyl (C=O) groups is 1. The number of fused-ring (bicyclic) bond motifs is 1. The molecule has 2 fully saturated rings. The Balaban J connectivity index is 1.27. The molecule has 0 aliphatic carbocycles. The van der Waals surface area contributed by atoms with Gasteiger partial charge in [0.15, 0.2) is 11.6 Å². The number of likely N-dealkylation sites (tertiary alicyclic amines) is 1. The van der Waals surface area contributed by atoms with Crippen molar-refractivity contribution < 1.29 is 27.1 Å². The number of ether oxygens (including phenoxy) is 1. The fourth-order valence-electron chi connectivity index (χ4n) is 4.60. The molecule has 0 bridgehead atoms. The van der Waals surface area contributed by atoms with Gasteiger partial charge in [0.2, 0.25) is 5.91 Å². The maximum absolute atomic E-state index is 14.0. The van der Waals surface area contributed by atoms with E-state index in [1.54, 1.807) is 6.07 Å². The van der Waals surface area contributed by atoms with Gasteiger partial charge in [-0.1, -0.05) is 12.1 Å². The van der Waals surface area contributed by atoms with Crippen LogP contribution >= 0.6 is 0 Å². The number of hydrogen-bond donors (Lipinski definition) is 1. The molecule has 31 heavy (non-hydrogen) atoms. The van der Waals surface area contributed by atoms with Gasteiger partial charge < -0.3 is 10.1 Å². The van der Waals surface area contributed by atoms with Crippen molar-refractivity contribution in [3.8, 4) is 0 Å². The lowest BCUT2D eigenvalue weighted by atomic mass is 9.83. The van der Waals surface area contributed by atoms with Gasteiger partial charge in [0.1, 0.15) is 11.6 Å². The van der Waals surface area contributed by atoms with Crippen molar-refractivity contribution in [1.29, 1.82) is 0 Å². The smallest absolute Gasteiger partial charge is 0.222 e. The summed E-state index contributed by atoms with van der Waals surface area (Å²) in [5.74, 6) is -2.82. The van der Waals surface area contributed by atoms with Gasteiger partial charge in [0, 0.05) is 37.2 Å². The van der Waals surface area contributed by atoms with Crippen molar-refractivity contribution in [3.05, 3.63) is 70.8 Å². The van der Waals surface area contributed by atoms with E-state index in [2.05, 4.69) is 10.2 Å². The second-order valence-electron chi connectivity index (χ2n) is 8.29. The van der Waals surface area contributed by atoms with Crippen molar-refractivity contribution in [2.75, 3.05) is 19.7 Å². The Kier molecular flexibility index (Phi) is 6.57. The molecule has 166 valence electrons. The van der Waals surface area contributed by atoms with Gasteiger partial charge in [0.25, 0.3) is 0 Å². The van der Waals surface area contributed by atoms with E-state index in [9.17, 15) is 22.4 Å². The van der Waals surface area contributed by atoms with Crippen LogP contribution in [0.15, 0.2) is 36.4 Å². The fraction of sp³-hybridized carbons (Fsp3) is 0.435. The molecular weight excluding hydrogens is 412 g/mol. The van der Waals surface area contributed by atoms with E-state index in [1.165, 1.54) is 18.2 Å². The van der Waals surface area contributed by atoms with Gasteiger partial charge in [-0.15, -0.1) is 0 Å². The van der Waals surface area contributed by atoms with Crippen LogP contribution in [-0.4, -0.2) is 36.6 Å². The molecule has 0 spiro atoms. The molecule has 3 atom stereocenters. The van der Waals surface area contributed by atoms with Gasteiger partial charge in [-0.25, -0.2) is 17.6 Å². The number of hydrogen-bond acceptors (Lipinski definition) is 3. The lowest BCUT2D eigenvalue weighted by molar-refractivity contribution is -0.124. The van der Waals surface area contributed by atoms with E-state index in [1.807, 2.05) is 0 Å². The SMILES string of the molecule is O=C(C[C@@H]1OC[C@H]2CN(Cc3cccc(F)c3F)CC[C@H]21)NCc1cc(F)cc(F)c1. The quantitative estimate of drug-likeness (QED) is 0.701. The molecule has 0 aromatic heterocycles. The summed E-state index contributed by atoms with van der Waals surface area (Å²) in [4.78, 5) is 14.4. The highest BCUT2D eigenvalue weighted by atomic mass is 19.2. The van der Waals surface area contributed by atoms with Crippen molar-refractivity contribution in [1.82, 2.24) is 10.2 Å². The van der Waals surface area contributed by atoms with E-state index in [-0.39, 0.29) is 36.8 Å². The second-order valence-corrected chi connectivity index (χ2v) is 8.29. The van der Waals surface area contributed by atoms with E-state index < -0.39 is 23.3 Å². The van der Waals surface area contributed by atoms with Crippen LogP contribution in [0, 0.1) is 35.1 Å². The number of rotatable bonds is 6. The zero-order valence-electron chi connectivity index (χ0n) is 16.9. The number of benzene rings is 2. The summed E-state index contributed by atoms with van der Waals surface area (Å²) in [7, 11) is 0. The molecule has 2 heterocycles. The summed E-state index contributed by atoms with van der Waals surface area (Å²) in [6, 6.07) is 7.35. The first-order valence-corrected chi connectivity index (χ1v) is 10.4. The maximum Gasteiger partial charge on any atom is 0.222 e.